The molecule has 1 N–H and O–H groups in total. The normalized spacial score (nSPS) is 12.4. The van der Waals surface area contributed by atoms with Crippen molar-refractivity contribution in [3.05, 3.63) is 46.0 Å². The summed E-state index contributed by atoms with van der Waals surface area (Å²) in [7, 11) is 0. The van der Waals surface area contributed by atoms with E-state index >= 15 is 0 Å². The van der Waals surface area contributed by atoms with Gasteiger partial charge in [0.1, 0.15) is 5.60 Å². The Labute approximate surface area is 154 Å². The lowest BCUT2D eigenvalue weighted by molar-refractivity contribution is 0.0730. The molecule has 0 aliphatic heterocycles. The van der Waals surface area contributed by atoms with E-state index in [1.54, 1.807) is 24.4 Å². The van der Waals surface area contributed by atoms with Gasteiger partial charge in [-0.15, -0.1) is 0 Å². The van der Waals surface area contributed by atoms with Crippen molar-refractivity contribution in [3.8, 4) is 11.3 Å². The topological polar surface area (TPSA) is 63.3 Å². The molecule has 0 atom stereocenters. The standard InChI is InChI=1S/C17H17Cl2FN4O/c1-8(2)13-14(17(3,4)25)23-15-11(20)5-9(7-24(13)15)12-10(18)6-21-16(19)22-12/h5-8,25H,1-4H3. The molecule has 3 aromatic heterocycles. The SMILES string of the molecule is CC(C)c1c(C(C)(C)O)nc2c(F)cc(-c3nc(Cl)ncc3Cl)cn12. The minimum absolute atomic E-state index is 0.00975. The number of nitrogens with zero attached hydrogens (tertiary/aromatic N) is 4. The molecule has 0 saturated heterocycles. The highest BCUT2D eigenvalue weighted by molar-refractivity contribution is 6.33. The van der Waals surface area contributed by atoms with Crippen LogP contribution in [0.25, 0.3) is 16.9 Å². The van der Waals surface area contributed by atoms with Gasteiger partial charge in [0.2, 0.25) is 5.28 Å². The summed E-state index contributed by atoms with van der Waals surface area (Å²) in [5.74, 6) is -0.531. The van der Waals surface area contributed by atoms with Crippen LogP contribution in [0.5, 0.6) is 0 Å². The third kappa shape index (κ3) is 3.21. The molecule has 0 spiro atoms. The fourth-order valence-electron chi connectivity index (χ4n) is 2.80. The van der Waals surface area contributed by atoms with Gasteiger partial charge in [0.05, 0.1) is 28.3 Å². The van der Waals surface area contributed by atoms with Crippen molar-refractivity contribution in [2.24, 2.45) is 0 Å². The molecule has 0 aliphatic rings. The molecule has 3 aromatic rings. The lowest BCUT2D eigenvalue weighted by Crippen LogP contribution is -2.19. The smallest absolute Gasteiger partial charge is 0.222 e. The van der Waals surface area contributed by atoms with Gasteiger partial charge in [0.15, 0.2) is 11.5 Å². The Morgan fingerprint density at radius 1 is 1.24 bits per heavy atom. The number of rotatable bonds is 3. The highest BCUT2D eigenvalue weighted by atomic mass is 35.5. The zero-order valence-electron chi connectivity index (χ0n) is 14.2. The van der Waals surface area contributed by atoms with Crippen molar-refractivity contribution >= 4 is 28.8 Å². The van der Waals surface area contributed by atoms with Crippen LogP contribution in [0.3, 0.4) is 0 Å². The Bertz CT molecular complexity index is 963. The van der Waals surface area contributed by atoms with Gasteiger partial charge < -0.3 is 9.51 Å². The van der Waals surface area contributed by atoms with Gasteiger partial charge in [-0.3, -0.25) is 0 Å². The van der Waals surface area contributed by atoms with Gasteiger partial charge in [0.25, 0.3) is 0 Å². The molecule has 0 fully saturated rings. The van der Waals surface area contributed by atoms with Crippen LogP contribution in [-0.2, 0) is 5.60 Å². The van der Waals surface area contributed by atoms with Crippen LogP contribution in [0.15, 0.2) is 18.5 Å². The Hall–Kier alpha value is -1.76. The number of hydrogen-bond donors (Lipinski definition) is 1. The number of pyridine rings is 1. The number of fused-ring (bicyclic) bond motifs is 1. The zero-order valence-corrected chi connectivity index (χ0v) is 15.7. The van der Waals surface area contributed by atoms with E-state index in [0.717, 1.165) is 5.69 Å². The van der Waals surface area contributed by atoms with Gasteiger partial charge >= 0.3 is 0 Å². The van der Waals surface area contributed by atoms with E-state index in [-0.39, 0.29) is 21.9 Å². The summed E-state index contributed by atoms with van der Waals surface area (Å²) in [5.41, 5.74) is 0.871. The second kappa shape index (κ2) is 6.20. The number of imidazole rings is 1. The first-order valence-corrected chi connectivity index (χ1v) is 8.48. The quantitative estimate of drug-likeness (QED) is 0.672. The van der Waals surface area contributed by atoms with Crippen molar-refractivity contribution < 1.29 is 9.50 Å². The second-order valence-electron chi connectivity index (χ2n) is 6.67. The predicted molar refractivity (Wildman–Crippen MR) is 95.5 cm³/mol. The summed E-state index contributed by atoms with van der Waals surface area (Å²) in [6, 6.07) is 1.30. The summed E-state index contributed by atoms with van der Waals surface area (Å²) in [4.78, 5) is 12.2. The first-order valence-electron chi connectivity index (χ1n) is 7.72. The number of hydrogen-bond acceptors (Lipinski definition) is 4. The molecule has 3 rings (SSSR count). The van der Waals surface area contributed by atoms with Gasteiger partial charge in [-0.2, -0.15) is 0 Å². The van der Waals surface area contributed by atoms with E-state index in [1.807, 2.05) is 13.8 Å². The third-order valence-electron chi connectivity index (χ3n) is 3.83. The minimum Gasteiger partial charge on any atom is -0.384 e. The maximum Gasteiger partial charge on any atom is 0.222 e. The van der Waals surface area contributed by atoms with Gasteiger partial charge in [-0.25, -0.2) is 19.3 Å². The van der Waals surface area contributed by atoms with E-state index in [9.17, 15) is 9.50 Å². The molecular formula is C17H17Cl2FN4O. The molecule has 25 heavy (non-hydrogen) atoms. The van der Waals surface area contributed by atoms with E-state index in [2.05, 4.69) is 15.0 Å². The molecule has 0 aromatic carbocycles. The monoisotopic (exact) mass is 382 g/mol. The van der Waals surface area contributed by atoms with Gasteiger partial charge in [-0.1, -0.05) is 25.4 Å². The van der Waals surface area contributed by atoms with Crippen molar-refractivity contribution in [2.45, 2.75) is 39.2 Å². The van der Waals surface area contributed by atoms with Gasteiger partial charge in [-0.05, 0) is 37.4 Å². The van der Waals surface area contributed by atoms with E-state index in [0.29, 0.717) is 17.0 Å². The second-order valence-corrected chi connectivity index (χ2v) is 7.41. The molecule has 0 saturated carbocycles. The third-order valence-corrected chi connectivity index (χ3v) is 4.29. The summed E-state index contributed by atoms with van der Waals surface area (Å²) >= 11 is 12.0. The first-order chi connectivity index (χ1) is 11.6. The Morgan fingerprint density at radius 2 is 1.92 bits per heavy atom. The molecule has 0 aliphatic carbocycles. The Kier molecular flexibility index (Phi) is 4.47. The van der Waals surface area contributed by atoms with E-state index in [4.69, 9.17) is 23.2 Å². The highest BCUT2D eigenvalue weighted by Crippen LogP contribution is 2.33. The molecule has 0 bridgehead atoms. The summed E-state index contributed by atoms with van der Waals surface area (Å²) in [5, 5.41) is 10.7. The predicted octanol–water partition coefficient (Wildman–Crippen LogP) is 4.59. The molecule has 3 heterocycles. The van der Waals surface area contributed by atoms with Crippen LogP contribution in [0.4, 0.5) is 4.39 Å². The fraction of sp³-hybridized carbons (Fsp3) is 0.353. The molecular weight excluding hydrogens is 366 g/mol. The van der Waals surface area contributed by atoms with Crippen molar-refractivity contribution in [3.63, 3.8) is 0 Å². The first kappa shape index (κ1) is 18.0. The molecule has 0 amide bonds. The van der Waals surface area contributed by atoms with E-state index < -0.39 is 11.4 Å². The minimum atomic E-state index is -1.20. The Balaban J connectivity index is 2.36. The molecule has 5 nitrogen and oxygen atoms in total. The summed E-state index contributed by atoms with van der Waals surface area (Å²) in [6.45, 7) is 7.16. The maximum absolute atomic E-state index is 14.7. The molecule has 8 heteroatoms. The van der Waals surface area contributed by atoms with Crippen molar-refractivity contribution in [1.29, 1.82) is 0 Å². The Morgan fingerprint density at radius 3 is 2.52 bits per heavy atom. The van der Waals surface area contributed by atoms with Crippen molar-refractivity contribution in [1.82, 2.24) is 19.4 Å². The fourth-order valence-corrected chi connectivity index (χ4v) is 3.13. The molecule has 0 radical (unpaired) electrons. The van der Waals surface area contributed by atoms with Crippen LogP contribution in [0, 0.1) is 5.82 Å². The number of aliphatic hydroxyl groups is 1. The number of halogens is 3. The average Bonchev–Trinajstić information content (AvgIpc) is 2.90. The van der Waals surface area contributed by atoms with Gasteiger partial charge in [0, 0.05) is 11.8 Å². The molecule has 0 unspecified atom stereocenters. The lowest BCUT2D eigenvalue weighted by Gasteiger charge is -2.18. The van der Waals surface area contributed by atoms with Crippen LogP contribution < -0.4 is 0 Å². The van der Waals surface area contributed by atoms with Crippen LogP contribution in [-0.4, -0.2) is 24.5 Å². The molecule has 132 valence electrons. The van der Waals surface area contributed by atoms with Crippen LogP contribution in [0.2, 0.25) is 10.3 Å². The lowest BCUT2D eigenvalue weighted by atomic mass is 9.98. The maximum atomic E-state index is 14.7. The number of aromatic nitrogens is 4. The zero-order chi connectivity index (χ0) is 18.5. The van der Waals surface area contributed by atoms with E-state index in [1.165, 1.54) is 12.3 Å². The highest BCUT2D eigenvalue weighted by Gasteiger charge is 2.28. The largest absolute Gasteiger partial charge is 0.384 e. The summed E-state index contributed by atoms with van der Waals surface area (Å²) in [6.07, 6.45) is 3.06. The average molecular weight is 383 g/mol. The van der Waals surface area contributed by atoms with Crippen molar-refractivity contribution in [2.75, 3.05) is 0 Å². The van der Waals surface area contributed by atoms with Crippen LogP contribution >= 0.6 is 23.2 Å². The van der Waals surface area contributed by atoms with Crippen LogP contribution in [0.1, 0.15) is 45.0 Å². The summed E-state index contributed by atoms with van der Waals surface area (Å²) < 4.78 is 16.4.